The predicted octanol–water partition coefficient (Wildman–Crippen LogP) is 6.51. The molecule has 0 aliphatic carbocycles. The fraction of sp³-hybridized carbons (Fsp3) is 0.207. The molecule has 1 aliphatic rings. The average molecular weight is 570 g/mol. The molecule has 1 unspecified atom stereocenters. The number of halogens is 3. The maximum atomic E-state index is 14.9. The fourth-order valence-corrected chi connectivity index (χ4v) is 6.90. The number of hydrogen-bond donors (Lipinski definition) is 1. The molecule has 1 N–H and O–H groups in total. The Morgan fingerprint density at radius 1 is 1.05 bits per heavy atom. The molecule has 0 spiro atoms. The maximum Gasteiger partial charge on any atom is 0.234 e. The van der Waals surface area contributed by atoms with Crippen LogP contribution in [0.5, 0.6) is 0 Å². The van der Waals surface area contributed by atoms with Gasteiger partial charge in [0.25, 0.3) is 0 Å². The Morgan fingerprint density at radius 2 is 1.77 bits per heavy atom. The average Bonchev–Trinajstić information content (AvgIpc) is 3.28. The zero-order chi connectivity index (χ0) is 27.6. The first-order valence-corrected chi connectivity index (χ1v) is 15.0. The highest BCUT2D eigenvalue weighted by atomic mass is 32.2. The molecule has 39 heavy (non-hydrogen) atoms. The van der Waals surface area contributed by atoms with Crippen molar-refractivity contribution in [1.29, 1.82) is 0 Å². The quantitative estimate of drug-likeness (QED) is 0.263. The van der Waals surface area contributed by atoms with E-state index in [2.05, 4.69) is 9.82 Å². The molecule has 0 radical (unpaired) electrons. The van der Waals surface area contributed by atoms with Gasteiger partial charge in [-0.1, -0.05) is 42.5 Å². The van der Waals surface area contributed by atoms with Gasteiger partial charge in [0.2, 0.25) is 10.0 Å². The Morgan fingerprint density at radius 3 is 2.49 bits per heavy atom. The molecule has 2 atom stereocenters. The zero-order valence-electron chi connectivity index (χ0n) is 21.0. The molecule has 1 aliphatic heterocycles. The molecule has 0 fully saturated rings. The smallest absolute Gasteiger partial charge is 0.234 e. The number of aromatic nitrogens is 2. The van der Waals surface area contributed by atoms with E-state index in [0.29, 0.717) is 23.6 Å². The van der Waals surface area contributed by atoms with Gasteiger partial charge in [-0.15, -0.1) is 0 Å². The molecular weight excluding hydrogens is 543 g/mol. The van der Waals surface area contributed by atoms with E-state index in [1.54, 1.807) is 30.8 Å². The highest BCUT2D eigenvalue weighted by molar-refractivity contribution is 7.98. The van der Waals surface area contributed by atoms with E-state index >= 15 is 0 Å². The molecule has 0 amide bonds. The first kappa shape index (κ1) is 27.2. The van der Waals surface area contributed by atoms with Crippen molar-refractivity contribution >= 4 is 27.9 Å². The summed E-state index contributed by atoms with van der Waals surface area (Å²) in [6.07, 6.45) is 1.96. The lowest BCUT2D eigenvalue weighted by Gasteiger charge is -2.24. The molecule has 3 aromatic carbocycles. The second-order valence-electron chi connectivity index (χ2n) is 9.40. The van der Waals surface area contributed by atoms with Gasteiger partial charge < -0.3 is 0 Å². The number of nitrogens with zero attached hydrogens (tertiary/aromatic N) is 2. The summed E-state index contributed by atoms with van der Waals surface area (Å²) in [5.41, 5.74) is 3.70. The lowest BCUT2D eigenvalue weighted by atomic mass is 9.94. The van der Waals surface area contributed by atoms with Crippen molar-refractivity contribution in [2.45, 2.75) is 31.1 Å². The molecule has 202 valence electrons. The van der Waals surface area contributed by atoms with Gasteiger partial charge in [-0.3, -0.25) is 0 Å². The van der Waals surface area contributed by atoms with Gasteiger partial charge in [-0.05, 0) is 54.8 Å². The lowest BCUT2D eigenvalue weighted by Crippen LogP contribution is -2.24. The Hall–Kier alpha value is -3.34. The second kappa shape index (κ2) is 11.4. The van der Waals surface area contributed by atoms with Gasteiger partial charge in [-0.25, -0.2) is 31.0 Å². The molecule has 0 saturated carbocycles. The third kappa shape index (κ3) is 6.29. The minimum Gasteiger partial charge on any atom is -0.234 e. The Kier molecular flexibility index (Phi) is 7.97. The van der Waals surface area contributed by atoms with Gasteiger partial charge in [0.15, 0.2) is 5.82 Å². The van der Waals surface area contributed by atoms with Gasteiger partial charge in [0.1, 0.15) is 17.3 Å². The molecule has 5 nitrogen and oxygen atoms in total. The standard InChI is InChI=1S/C29H26F3N3O2S2/c1-19(21-5-3-2-4-6-21)34-39(36,37)14-13-27-25-18-38-17-22(15-20-7-9-23(30)10-8-20)29(25)35(33-27)28-12-11-24(31)16-26(28)32/h2-14,16,19,22,34H,15,17-18H2,1H3/b14-13+/t19-,22?/m0/s1. The maximum absolute atomic E-state index is 14.9. The van der Waals surface area contributed by atoms with Crippen LogP contribution in [0, 0.1) is 17.5 Å². The lowest BCUT2D eigenvalue weighted by molar-refractivity contribution is 0.567. The molecular formula is C29H26F3N3O2S2. The van der Waals surface area contributed by atoms with Crippen LogP contribution in [0.3, 0.4) is 0 Å². The van der Waals surface area contributed by atoms with E-state index in [1.165, 1.54) is 29.0 Å². The first-order valence-electron chi connectivity index (χ1n) is 12.3. The van der Waals surface area contributed by atoms with Crippen molar-refractivity contribution in [2.75, 3.05) is 5.75 Å². The third-order valence-electron chi connectivity index (χ3n) is 6.59. The summed E-state index contributed by atoms with van der Waals surface area (Å²) in [6, 6.07) is 18.2. The molecule has 0 bridgehead atoms. The number of rotatable bonds is 8. The van der Waals surface area contributed by atoms with E-state index < -0.39 is 27.7 Å². The van der Waals surface area contributed by atoms with E-state index in [9.17, 15) is 21.6 Å². The molecule has 0 saturated heterocycles. The van der Waals surface area contributed by atoms with Crippen molar-refractivity contribution < 1.29 is 21.6 Å². The summed E-state index contributed by atoms with van der Waals surface area (Å²) in [5, 5.41) is 5.66. The van der Waals surface area contributed by atoms with Crippen LogP contribution in [0.25, 0.3) is 11.8 Å². The molecule has 2 heterocycles. The fourth-order valence-electron chi connectivity index (χ4n) is 4.71. The minimum absolute atomic E-state index is 0.0713. The monoisotopic (exact) mass is 569 g/mol. The van der Waals surface area contributed by atoms with Gasteiger partial charge >= 0.3 is 0 Å². The van der Waals surface area contributed by atoms with Crippen LogP contribution >= 0.6 is 11.8 Å². The van der Waals surface area contributed by atoms with Crippen molar-refractivity contribution in [3.8, 4) is 5.69 Å². The van der Waals surface area contributed by atoms with Crippen LogP contribution in [-0.2, 0) is 22.2 Å². The normalized spacial score (nSPS) is 16.4. The first-order chi connectivity index (χ1) is 18.7. The van der Waals surface area contributed by atoms with Crippen LogP contribution in [-0.4, -0.2) is 24.0 Å². The topological polar surface area (TPSA) is 64.0 Å². The van der Waals surface area contributed by atoms with Crippen molar-refractivity contribution in [1.82, 2.24) is 14.5 Å². The van der Waals surface area contributed by atoms with Gasteiger partial charge in [0.05, 0.1) is 11.4 Å². The Bertz CT molecular complexity index is 1600. The number of hydrogen-bond acceptors (Lipinski definition) is 4. The van der Waals surface area contributed by atoms with Gasteiger partial charge in [-0.2, -0.15) is 16.9 Å². The summed E-state index contributed by atoms with van der Waals surface area (Å²) in [7, 11) is -3.83. The van der Waals surface area contributed by atoms with Crippen molar-refractivity contribution in [3.63, 3.8) is 0 Å². The van der Waals surface area contributed by atoms with Crippen LogP contribution in [0.1, 0.15) is 47.0 Å². The number of fused-ring (bicyclic) bond motifs is 1. The highest BCUT2D eigenvalue weighted by Crippen LogP contribution is 2.39. The van der Waals surface area contributed by atoms with E-state index in [1.807, 2.05) is 30.3 Å². The SMILES string of the molecule is C[C@H](NS(=O)(=O)/C=C/c1nn(-c2ccc(F)cc2F)c2c1CSCC2Cc1ccc(F)cc1)c1ccccc1. The van der Waals surface area contributed by atoms with Gasteiger partial charge in [0, 0.05) is 40.5 Å². The number of nitrogens with one attached hydrogen (secondary N) is 1. The van der Waals surface area contributed by atoms with E-state index in [0.717, 1.165) is 39.9 Å². The van der Waals surface area contributed by atoms with E-state index in [4.69, 9.17) is 0 Å². The highest BCUT2D eigenvalue weighted by Gasteiger charge is 2.30. The summed E-state index contributed by atoms with van der Waals surface area (Å²) >= 11 is 1.66. The molecule has 10 heteroatoms. The third-order valence-corrected chi connectivity index (χ3v) is 8.89. The van der Waals surface area contributed by atoms with Crippen LogP contribution in [0.2, 0.25) is 0 Å². The van der Waals surface area contributed by atoms with Crippen molar-refractivity contribution in [2.24, 2.45) is 0 Å². The Balaban J connectivity index is 1.52. The van der Waals surface area contributed by atoms with E-state index in [-0.39, 0.29) is 17.4 Å². The largest absolute Gasteiger partial charge is 0.234 e. The molecule has 1 aromatic heterocycles. The summed E-state index contributed by atoms with van der Waals surface area (Å²) in [6.45, 7) is 1.76. The van der Waals surface area contributed by atoms with Crippen LogP contribution < -0.4 is 4.72 Å². The summed E-state index contributed by atoms with van der Waals surface area (Å²) in [5.74, 6) is -0.681. The van der Waals surface area contributed by atoms with Crippen LogP contribution in [0.4, 0.5) is 13.2 Å². The minimum atomic E-state index is -3.83. The van der Waals surface area contributed by atoms with Crippen LogP contribution in [0.15, 0.2) is 78.2 Å². The Labute approximate surface area is 229 Å². The predicted molar refractivity (Wildman–Crippen MR) is 148 cm³/mol. The number of thioether (sulfide) groups is 1. The number of sulfonamides is 1. The molecule has 5 rings (SSSR count). The molecule has 4 aromatic rings. The van der Waals surface area contributed by atoms with Crippen molar-refractivity contribution in [3.05, 3.63) is 124 Å². The summed E-state index contributed by atoms with van der Waals surface area (Å²) < 4.78 is 71.9. The number of benzene rings is 3. The zero-order valence-corrected chi connectivity index (χ0v) is 22.7. The second-order valence-corrected chi connectivity index (χ2v) is 12.0. The summed E-state index contributed by atoms with van der Waals surface area (Å²) in [4.78, 5) is 0.